The van der Waals surface area contributed by atoms with Crippen molar-refractivity contribution in [1.82, 2.24) is 10.2 Å². The Morgan fingerprint density at radius 1 is 1.15 bits per heavy atom. The number of aryl methyl sites for hydroxylation is 1. The molecule has 1 saturated carbocycles. The fourth-order valence-electron chi connectivity index (χ4n) is 5.31. The number of hydrogen-bond acceptors (Lipinski definition) is 2. The summed E-state index contributed by atoms with van der Waals surface area (Å²) in [6.45, 7) is 8.57. The molecule has 0 bridgehead atoms. The van der Waals surface area contributed by atoms with Gasteiger partial charge in [-0.3, -0.25) is 4.79 Å². The third kappa shape index (κ3) is 4.02. The zero-order valence-electron chi connectivity index (χ0n) is 16.8. The molecule has 1 aromatic carbocycles. The first kappa shape index (κ1) is 22.5. The van der Waals surface area contributed by atoms with Crippen molar-refractivity contribution in [3.05, 3.63) is 34.4 Å². The van der Waals surface area contributed by atoms with E-state index in [0.717, 1.165) is 31.5 Å². The van der Waals surface area contributed by atoms with Crippen LogP contribution in [-0.2, 0) is 6.42 Å². The second kappa shape index (κ2) is 9.15. The van der Waals surface area contributed by atoms with Crippen LogP contribution < -0.4 is 5.32 Å². The summed E-state index contributed by atoms with van der Waals surface area (Å²) in [5.74, 6) is 1.54. The molecule has 2 heterocycles. The summed E-state index contributed by atoms with van der Waals surface area (Å²) in [5, 5.41) is 3.72. The summed E-state index contributed by atoms with van der Waals surface area (Å²) in [6, 6.07) is 5.33. The van der Waals surface area contributed by atoms with E-state index in [1.165, 1.54) is 42.4 Å². The van der Waals surface area contributed by atoms with Crippen LogP contribution in [-0.4, -0.2) is 29.9 Å². The third-order valence-electron chi connectivity index (χ3n) is 6.46. The Morgan fingerprint density at radius 3 is 2.44 bits per heavy atom. The maximum absolute atomic E-state index is 13.3. The normalized spacial score (nSPS) is 24.4. The van der Waals surface area contributed by atoms with E-state index in [4.69, 9.17) is 0 Å². The van der Waals surface area contributed by atoms with Gasteiger partial charge in [0.2, 0.25) is 0 Å². The molecule has 2 fully saturated rings. The molecule has 1 amide bonds. The SMILES string of the molecule is CCc1cc(C2CCCC2)c2c(c1)C1[C@H](CC(C)C)NCCN1C2=O.Cl.Cl. The molecule has 2 atom stereocenters. The minimum Gasteiger partial charge on any atom is -0.329 e. The Kier molecular flexibility index (Phi) is 7.63. The molecule has 0 spiro atoms. The van der Waals surface area contributed by atoms with E-state index >= 15 is 0 Å². The van der Waals surface area contributed by atoms with Crippen LogP contribution in [0, 0.1) is 5.92 Å². The number of amides is 1. The van der Waals surface area contributed by atoms with E-state index < -0.39 is 0 Å². The quantitative estimate of drug-likeness (QED) is 0.730. The van der Waals surface area contributed by atoms with Gasteiger partial charge in [0.25, 0.3) is 5.91 Å². The standard InChI is InChI=1S/C22H32N2O.2ClH/c1-4-15-12-17(16-7-5-6-8-16)20-18(13-15)21-19(11-14(2)3)23-9-10-24(21)22(20)25;;/h12-14,16,19,21,23H,4-11H2,1-3H3;2*1H/t19-,21?;;/m0../s1. The van der Waals surface area contributed by atoms with Crippen LogP contribution in [0.25, 0.3) is 0 Å². The molecule has 1 aliphatic carbocycles. The van der Waals surface area contributed by atoms with Crippen LogP contribution in [0.4, 0.5) is 0 Å². The third-order valence-corrected chi connectivity index (χ3v) is 6.46. The van der Waals surface area contributed by atoms with Gasteiger partial charge in [0.1, 0.15) is 0 Å². The van der Waals surface area contributed by atoms with Gasteiger partial charge in [-0.05, 0) is 54.2 Å². The Labute approximate surface area is 176 Å². The van der Waals surface area contributed by atoms with Crippen LogP contribution in [0.3, 0.4) is 0 Å². The van der Waals surface area contributed by atoms with Gasteiger partial charge in [0.15, 0.2) is 0 Å². The highest BCUT2D eigenvalue weighted by molar-refractivity contribution is 6.01. The largest absolute Gasteiger partial charge is 0.329 e. The van der Waals surface area contributed by atoms with Gasteiger partial charge in [0, 0.05) is 24.7 Å². The molecular formula is C22H34Cl2N2O. The maximum Gasteiger partial charge on any atom is 0.255 e. The van der Waals surface area contributed by atoms with Crippen LogP contribution >= 0.6 is 24.8 Å². The molecule has 1 unspecified atom stereocenters. The van der Waals surface area contributed by atoms with Crippen molar-refractivity contribution in [2.45, 2.75) is 77.3 Å². The van der Waals surface area contributed by atoms with Crippen LogP contribution in [0.2, 0.25) is 0 Å². The number of piperazine rings is 1. The molecule has 152 valence electrons. The van der Waals surface area contributed by atoms with Crippen LogP contribution in [0.15, 0.2) is 12.1 Å². The molecule has 3 nitrogen and oxygen atoms in total. The molecule has 0 aromatic heterocycles. The number of benzene rings is 1. The summed E-state index contributed by atoms with van der Waals surface area (Å²) in [7, 11) is 0. The first-order chi connectivity index (χ1) is 12.1. The predicted octanol–water partition coefficient (Wildman–Crippen LogP) is 5.27. The zero-order chi connectivity index (χ0) is 17.6. The van der Waals surface area contributed by atoms with Crippen LogP contribution in [0.1, 0.15) is 91.9 Å². The highest BCUT2D eigenvalue weighted by Crippen LogP contribution is 2.45. The van der Waals surface area contributed by atoms with E-state index in [1.54, 1.807) is 0 Å². The number of carbonyl (C=O) groups excluding carboxylic acids is 1. The molecule has 5 heteroatoms. The molecule has 3 aliphatic rings. The fraction of sp³-hybridized carbons (Fsp3) is 0.682. The average molecular weight is 413 g/mol. The van der Waals surface area contributed by atoms with Gasteiger partial charge in [-0.1, -0.05) is 45.7 Å². The van der Waals surface area contributed by atoms with Crippen molar-refractivity contribution < 1.29 is 4.79 Å². The van der Waals surface area contributed by atoms with Gasteiger partial charge in [-0.15, -0.1) is 24.8 Å². The van der Waals surface area contributed by atoms with Crippen molar-refractivity contribution in [3.63, 3.8) is 0 Å². The minimum absolute atomic E-state index is 0. The van der Waals surface area contributed by atoms with Gasteiger partial charge in [-0.25, -0.2) is 0 Å². The van der Waals surface area contributed by atoms with E-state index in [-0.39, 0.29) is 30.9 Å². The van der Waals surface area contributed by atoms with Crippen molar-refractivity contribution in [3.8, 4) is 0 Å². The minimum atomic E-state index is 0. The van der Waals surface area contributed by atoms with Gasteiger partial charge in [0.05, 0.1) is 6.04 Å². The Balaban J connectivity index is 0.00000131. The summed E-state index contributed by atoms with van der Waals surface area (Å²) in [6.07, 6.45) is 7.32. The molecule has 1 saturated heterocycles. The first-order valence-electron chi connectivity index (χ1n) is 10.3. The second-order valence-corrected chi connectivity index (χ2v) is 8.62. The Morgan fingerprint density at radius 2 is 1.81 bits per heavy atom. The number of nitrogens with one attached hydrogen (secondary N) is 1. The summed E-state index contributed by atoms with van der Waals surface area (Å²) in [5.41, 5.74) is 5.18. The lowest BCUT2D eigenvalue weighted by atomic mass is 9.84. The number of nitrogens with zero attached hydrogens (tertiary/aromatic N) is 1. The van der Waals surface area contributed by atoms with Crippen LogP contribution in [0.5, 0.6) is 0 Å². The molecule has 2 aliphatic heterocycles. The van der Waals surface area contributed by atoms with Gasteiger partial charge >= 0.3 is 0 Å². The maximum atomic E-state index is 13.3. The zero-order valence-corrected chi connectivity index (χ0v) is 18.4. The highest BCUT2D eigenvalue weighted by Gasteiger charge is 2.45. The van der Waals surface area contributed by atoms with Crippen molar-refractivity contribution in [2.75, 3.05) is 13.1 Å². The highest BCUT2D eigenvalue weighted by atomic mass is 35.5. The topological polar surface area (TPSA) is 32.3 Å². The molecule has 1 N–H and O–H groups in total. The van der Waals surface area contributed by atoms with E-state index in [0.29, 0.717) is 23.8 Å². The monoisotopic (exact) mass is 412 g/mol. The molecule has 4 rings (SSSR count). The Hall–Kier alpha value is -0.770. The Bertz CT molecular complexity index is 671. The fourth-order valence-corrected chi connectivity index (χ4v) is 5.31. The molecular weight excluding hydrogens is 379 g/mol. The van der Waals surface area contributed by atoms with Gasteiger partial charge in [-0.2, -0.15) is 0 Å². The van der Waals surface area contributed by atoms with Crippen molar-refractivity contribution in [2.24, 2.45) is 5.92 Å². The predicted molar refractivity (Wildman–Crippen MR) is 117 cm³/mol. The first-order valence-corrected chi connectivity index (χ1v) is 10.3. The lowest BCUT2D eigenvalue weighted by Crippen LogP contribution is -2.52. The summed E-state index contributed by atoms with van der Waals surface area (Å²) in [4.78, 5) is 15.5. The average Bonchev–Trinajstić information content (AvgIpc) is 3.22. The summed E-state index contributed by atoms with van der Waals surface area (Å²) >= 11 is 0. The summed E-state index contributed by atoms with van der Waals surface area (Å²) < 4.78 is 0. The smallest absolute Gasteiger partial charge is 0.255 e. The second-order valence-electron chi connectivity index (χ2n) is 8.62. The molecule has 0 radical (unpaired) electrons. The van der Waals surface area contributed by atoms with E-state index in [9.17, 15) is 4.79 Å². The number of carbonyl (C=O) groups is 1. The van der Waals surface area contributed by atoms with Gasteiger partial charge < -0.3 is 10.2 Å². The number of halogens is 2. The number of rotatable bonds is 4. The molecule has 1 aromatic rings. The number of fused-ring (bicyclic) bond motifs is 3. The van der Waals surface area contributed by atoms with Crippen molar-refractivity contribution >= 4 is 30.7 Å². The van der Waals surface area contributed by atoms with E-state index in [1.807, 2.05) is 0 Å². The lowest BCUT2D eigenvalue weighted by Gasteiger charge is -2.39. The van der Waals surface area contributed by atoms with Crippen molar-refractivity contribution in [1.29, 1.82) is 0 Å². The van der Waals surface area contributed by atoms with E-state index in [2.05, 4.69) is 43.1 Å². The molecule has 27 heavy (non-hydrogen) atoms. The number of hydrogen-bond donors (Lipinski definition) is 1. The lowest BCUT2D eigenvalue weighted by molar-refractivity contribution is 0.0610.